The van der Waals surface area contributed by atoms with E-state index in [4.69, 9.17) is 10.5 Å². The van der Waals surface area contributed by atoms with E-state index in [0.29, 0.717) is 0 Å². The number of hydrogen-bond donors (Lipinski definition) is 1. The maximum atomic E-state index is 6.60. The molecule has 0 bridgehead atoms. The van der Waals surface area contributed by atoms with Crippen LogP contribution in [0.25, 0.3) is 0 Å². The zero-order chi connectivity index (χ0) is 14.6. The van der Waals surface area contributed by atoms with Crippen LogP contribution in [0.1, 0.15) is 64.7 Å². The Bertz CT molecular complexity index is 408. The summed E-state index contributed by atoms with van der Waals surface area (Å²) in [6.45, 7) is 8.25. The third-order valence-electron chi connectivity index (χ3n) is 4.61. The Morgan fingerprint density at radius 2 is 2.15 bits per heavy atom. The Morgan fingerprint density at radius 3 is 2.75 bits per heavy atom. The Labute approximate surface area is 122 Å². The van der Waals surface area contributed by atoms with E-state index >= 15 is 0 Å². The molecule has 2 rings (SSSR count). The molecule has 1 aromatic rings. The van der Waals surface area contributed by atoms with Crippen LogP contribution < -0.4 is 5.73 Å². The average molecular weight is 279 g/mol. The predicted molar refractivity (Wildman–Crippen MR) is 81.4 cm³/mol. The van der Waals surface area contributed by atoms with E-state index in [1.54, 1.807) is 0 Å². The third kappa shape index (κ3) is 3.07. The molecule has 2 N–H and O–H groups in total. The fourth-order valence-corrected chi connectivity index (χ4v) is 3.35. The van der Waals surface area contributed by atoms with Crippen molar-refractivity contribution in [2.75, 3.05) is 6.61 Å². The van der Waals surface area contributed by atoms with Gasteiger partial charge in [0.25, 0.3) is 0 Å². The number of ether oxygens (including phenoxy) is 1. The molecule has 4 heteroatoms. The van der Waals surface area contributed by atoms with Gasteiger partial charge in [-0.15, -0.1) is 0 Å². The van der Waals surface area contributed by atoms with E-state index in [0.717, 1.165) is 44.2 Å². The highest BCUT2D eigenvalue weighted by atomic mass is 16.5. The molecule has 1 atom stereocenters. The molecule has 0 amide bonds. The molecule has 114 valence electrons. The van der Waals surface area contributed by atoms with Crippen LogP contribution >= 0.6 is 0 Å². The predicted octanol–water partition coefficient (Wildman–Crippen LogP) is 3.28. The Hall–Kier alpha value is -0.870. The Balaban J connectivity index is 2.22. The molecule has 1 heterocycles. The molecule has 0 saturated heterocycles. The van der Waals surface area contributed by atoms with Crippen LogP contribution in [0, 0.1) is 5.92 Å². The summed E-state index contributed by atoms with van der Waals surface area (Å²) >= 11 is 0. The van der Waals surface area contributed by atoms with Crippen molar-refractivity contribution in [2.45, 2.75) is 71.1 Å². The largest absolute Gasteiger partial charge is 0.373 e. The van der Waals surface area contributed by atoms with Gasteiger partial charge in [0, 0.05) is 25.5 Å². The second-order valence-electron chi connectivity index (χ2n) is 6.14. The standard InChI is InChI=1S/C16H29N3O/c1-4-11-19-12-10-18-15(19)14(17)16(20-5-2)8-6-13(3)7-9-16/h10,12-14H,4-9,11,17H2,1-3H3. The monoisotopic (exact) mass is 279 g/mol. The number of aryl methyl sites for hydroxylation is 1. The lowest BCUT2D eigenvalue weighted by Crippen LogP contribution is -2.47. The van der Waals surface area contributed by atoms with Crippen LogP contribution in [0.4, 0.5) is 0 Å². The number of nitrogens with zero attached hydrogens (tertiary/aromatic N) is 2. The van der Waals surface area contributed by atoms with Crippen LogP contribution in [-0.4, -0.2) is 21.8 Å². The van der Waals surface area contributed by atoms with Gasteiger partial charge in [-0.3, -0.25) is 0 Å². The molecular formula is C16H29N3O. The van der Waals surface area contributed by atoms with Crippen LogP contribution in [0.5, 0.6) is 0 Å². The minimum Gasteiger partial charge on any atom is -0.373 e. The van der Waals surface area contributed by atoms with Gasteiger partial charge in [0.05, 0.1) is 11.6 Å². The van der Waals surface area contributed by atoms with Crippen molar-refractivity contribution in [1.82, 2.24) is 9.55 Å². The van der Waals surface area contributed by atoms with E-state index in [9.17, 15) is 0 Å². The molecule has 1 aliphatic rings. The van der Waals surface area contributed by atoms with Gasteiger partial charge in [-0.25, -0.2) is 4.98 Å². The summed E-state index contributed by atoms with van der Waals surface area (Å²) in [4.78, 5) is 4.51. The molecule has 0 spiro atoms. The molecule has 1 aliphatic carbocycles. The Kier molecular flexibility index (Phi) is 5.22. The van der Waals surface area contributed by atoms with Gasteiger partial charge in [-0.05, 0) is 44.9 Å². The lowest BCUT2D eigenvalue weighted by molar-refractivity contribution is -0.0917. The molecule has 0 aliphatic heterocycles. The summed E-state index contributed by atoms with van der Waals surface area (Å²) in [5.74, 6) is 1.76. The fraction of sp³-hybridized carbons (Fsp3) is 0.812. The van der Waals surface area contributed by atoms with Gasteiger partial charge >= 0.3 is 0 Å². The van der Waals surface area contributed by atoms with Crippen molar-refractivity contribution in [1.29, 1.82) is 0 Å². The highest BCUT2D eigenvalue weighted by Crippen LogP contribution is 2.41. The Morgan fingerprint density at radius 1 is 1.45 bits per heavy atom. The topological polar surface area (TPSA) is 53.1 Å². The summed E-state index contributed by atoms with van der Waals surface area (Å²) in [5, 5.41) is 0. The van der Waals surface area contributed by atoms with Crippen molar-refractivity contribution < 1.29 is 4.74 Å². The smallest absolute Gasteiger partial charge is 0.128 e. The maximum absolute atomic E-state index is 6.60. The molecule has 1 fully saturated rings. The molecule has 20 heavy (non-hydrogen) atoms. The highest BCUT2D eigenvalue weighted by molar-refractivity contribution is 5.08. The fourth-order valence-electron chi connectivity index (χ4n) is 3.35. The van der Waals surface area contributed by atoms with Gasteiger partial charge in [0.1, 0.15) is 5.82 Å². The summed E-state index contributed by atoms with van der Waals surface area (Å²) in [6, 6.07) is -0.128. The van der Waals surface area contributed by atoms with Gasteiger partial charge in [0.2, 0.25) is 0 Å². The summed E-state index contributed by atoms with van der Waals surface area (Å²) < 4.78 is 8.34. The van der Waals surface area contributed by atoms with Gasteiger partial charge in [-0.1, -0.05) is 13.8 Å². The van der Waals surface area contributed by atoms with Gasteiger partial charge in [-0.2, -0.15) is 0 Å². The van der Waals surface area contributed by atoms with E-state index in [1.807, 2.05) is 12.4 Å². The van der Waals surface area contributed by atoms with Crippen LogP contribution in [-0.2, 0) is 11.3 Å². The first kappa shape index (κ1) is 15.5. The van der Waals surface area contributed by atoms with Crippen molar-refractivity contribution >= 4 is 0 Å². The molecule has 1 aromatic heterocycles. The number of aromatic nitrogens is 2. The molecule has 1 unspecified atom stereocenters. The zero-order valence-electron chi connectivity index (χ0n) is 13.1. The number of imidazole rings is 1. The molecule has 4 nitrogen and oxygen atoms in total. The highest BCUT2D eigenvalue weighted by Gasteiger charge is 2.42. The van der Waals surface area contributed by atoms with Gasteiger partial charge in [0.15, 0.2) is 0 Å². The third-order valence-corrected chi connectivity index (χ3v) is 4.61. The van der Waals surface area contributed by atoms with Crippen molar-refractivity contribution in [2.24, 2.45) is 11.7 Å². The quantitative estimate of drug-likeness (QED) is 0.869. The SMILES string of the molecule is CCCn1ccnc1C(N)C1(OCC)CCC(C)CC1. The second kappa shape index (κ2) is 6.72. The first-order valence-electron chi connectivity index (χ1n) is 8.03. The van der Waals surface area contributed by atoms with Crippen molar-refractivity contribution in [3.05, 3.63) is 18.2 Å². The van der Waals surface area contributed by atoms with E-state index in [-0.39, 0.29) is 11.6 Å². The lowest BCUT2D eigenvalue weighted by atomic mass is 9.75. The number of nitrogens with two attached hydrogens (primary N) is 1. The normalized spacial score (nSPS) is 28.5. The lowest BCUT2D eigenvalue weighted by Gasteiger charge is -2.43. The van der Waals surface area contributed by atoms with Gasteiger partial charge < -0.3 is 15.0 Å². The average Bonchev–Trinajstić information content (AvgIpc) is 2.90. The van der Waals surface area contributed by atoms with Crippen molar-refractivity contribution in [3.63, 3.8) is 0 Å². The number of hydrogen-bond acceptors (Lipinski definition) is 3. The van der Waals surface area contributed by atoms with Crippen LogP contribution in [0.2, 0.25) is 0 Å². The molecular weight excluding hydrogens is 250 g/mol. The van der Waals surface area contributed by atoms with E-state index in [1.165, 1.54) is 12.8 Å². The summed E-state index contributed by atoms with van der Waals surface area (Å²) in [5.41, 5.74) is 6.38. The minimum absolute atomic E-state index is 0.128. The minimum atomic E-state index is -0.224. The second-order valence-corrected chi connectivity index (χ2v) is 6.14. The number of rotatable bonds is 6. The van der Waals surface area contributed by atoms with E-state index < -0.39 is 0 Å². The van der Waals surface area contributed by atoms with Crippen molar-refractivity contribution in [3.8, 4) is 0 Å². The maximum Gasteiger partial charge on any atom is 0.128 e. The summed E-state index contributed by atoms with van der Waals surface area (Å²) in [6.07, 6.45) is 9.46. The van der Waals surface area contributed by atoms with E-state index in [2.05, 4.69) is 30.3 Å². The first-order chi connectivity index (χ1) is 9.63. The van der Waals surface area contributed by atoms with Crippen LogP contribution in [0.3, 0.4) is 0 Å². The zero-order valence-corrected chi connectivity index (χ0v) is 13.1. The first-order valence-corrected chi connectivity index (χ1v) is 8.03. The summed E-state index contributed by atoms with van der Waals surface area (Å²) in [7, 11) is 0. The molecule has 1 saturated carbocycles. The molecule has 0 aromatic carbocycles. The molecule has 0 radical (unpaired) electrons. The van der Waals surface area contributed by atoms with Crippen LogP contribution in [0.15, 0.2) is 12.4 Å².